The maximum absolute atomic E-state index is 11.3. The summed E-state index contributed by atoms with van der Waals surface area (Å²) < 4.78 is 15.3. The second-order valence-electron chi connectivity index (χ2n) is 3.19. The zero-order valence-corrected chi connectivity index (χ0v) is 8.43. The third kappa shape index (κ3) is 2.16. The van der Waals surface area contributed by atoms with Gasteiger partial charge >= 0.3 is 5.97 Å². The average Bonchev–Trinajstić information content (AvgIpc) is 2.82. The molecule has 0 atom stereocenters. The van der Waals surface area contributed by atoms with Gasteiger partial charge in [-0.2, -0.15) is 0 Å². The Morgan fingerprint density at radius 3 is 2.80 bits per heavy atom. The van der Waals surface area contributed by atoms with Crippen LogP contribution in [0.4, 0.5) is 0 Å². The van der Waals surface area contributed by atoms with Crippen molar-refractivity contribution >= 4 is 5.97 Å². The minimum absolute atomic E-state index is 0.352. The van der Waals surface area contributed by atoms with Crippen molar-refractivity contribution in [1.29, 1.82) is 0 Å². The molecule has 0 radical (unpaired) electrons. The molecular weight excluding hydrogens is 196 g/mol. The van der Waals surface area contributed by atoms with Crippen LogP contribution in [0.2, 0.25) is 0 Å². The molecule has 0 N–H and O–H groups in total. The maximum Gasteiger partial charge on any atom is 0.337 e. The molecule has 0 bridgehead atoms. The summed E-state index contributed by atoms with van der Waals surface area (Å²) in [4.78, 5) is 11.3. The van der Waals surface area contributed by atoms with E-state index in [1.807, 2.05) is 6.07 Å². The normalized spacial score (nSPS) is 16.6. The van der Waals surface area contributed by atoms with E-state index in [0.29, 0.717) is 18.8 Å². The Bertz CT molecular complexity index is 355. The summed E-state index contributed by atoms with van der Waals surface area (Å²) in [7, 11) is 1.36. The molecule has 0 aromatic heterocycles. The van der Waals surface area contributed by atoms with Gasteiger partial charge in [0.2, 0.25) is 0 Å². The summed E-state index contributed by atoms with van der Waals surface area (Å²) in [6.07, 6.45) is -0.352. The first-order valence-electron chi connectivity index (χ1n) is 4.73. The molecule has 0 amide bonds. The van der Waals surface area contributed by atoms with Crippen LogP contribution in [0.1, 0.15) is 22.2 Å². The molecule has 1 aromatic rings. The summed E-state index contributed by atoms with van der Waals surface area (Å²) in [5.41, 5.74) is 1.35. The van der Waals surface area contributed by atoms with Crippen molar-refractivity contribution in [2.24, 2.45) is 0 Å². The third-order valence-electron chi connectivity index (χ3n) is 2.20. The predicted octanol–water partition coefficient (Wildman–Crippen LogP) is 1.52. The SMILES string of the molecule is COC(=O)c1cccc(C2OCCO2)c1. The lowest BCUT2D eigenvalue weighted by molar-refractivity contribution is -0.0441. The van der Waals surface area contributed by atoms with E-state index in [4.69, 9.17) is 9.47 Å². The highest BCUT2D eigenvalue weighted by molar-refractivity contribution is 5.89. The molecular formula is C11H12O4. The number of hydrogen-bond acceptors (Lipinski definition) is 4. The molecule has 1 saturated heterocycles. The van der Waals surface area contributed by atoms with E-state index >= 15 is 0 Å². The van der Waals surface area contributed by atoms with E-state index in [0.717, 1.165) is 5.56 Å². The molecule has 4 heteroatoms. The molecule has 1 aliphatic heterocycles. The highest BCUT2D eigenvalue weighted by Gasteiger charge is 2.19. The largest absolute Gasteiger partial charge is 0.465 e. The highest BCUT2D eigenvalue weighted by atomic mass is 16.7. The van der Waals surface area contributed by atoms with Crippen LogP contribution in [0.15, 0.2) is 24.3 Å². The zero-order chi connectivity index (χ0) is 10.7. The Morgan fingerprint density at radius 1 is 1.40 bits per heavy atom. The van der Waals surface area contributed by atoms with E-state index in [9.17, 15) is 4.79 Å². The average molecular weight is 208 g/mol. The van der Waals surface area contributed by atoms with Crippen molar-refractivity contribution in [1.82, 2.24) is 0 Å². The van der Waals surface area contributed by atoms with Crippen LogP contribution in [0.3, 0.4) is 0 Å². The lowest BCUT2D eigenvalue weighted by atomic mass is 10.1. The first kappa shape index (κ1) is 10.1. The molecule has 1 aliphatic rings. The van der Waals surface area contributed by atoms with E-state index in [1.54, 1.807) is 18.2 Å². The Balaban J connectivity index is 2.21. The molecule has 15 heavy (non-hydrogen) atoms. The highest BCUT2D eigenvalue weighted by Crippen LogP contribution is 2.23. The molecule has 1 heterocycles. The number of methoxy groups -OCH3 is 1. The topological polar surface area (TPSA) is 44.8 Å². The second-order valence-corrected chi connectivity index (χ2v) is 3.19. The number of carbonyl (C=O) groups is 1. The van der Waals surface area contributed by atoms with Crippen LogP contribution in [0.25, 0.3) is 0 Å². The summed E-state index contributed by atoms with van der Waals surface area (Å²) in [5, 5.41) is 0. The van der Waals surface area contributed by atoms with E-state index in [2.05, 4.69) is 4.74 Å². The number of esters is 1. The Hall–Kier alpha value is -1.39. The third-order valence-corrected chi connectivity index (χ3v) is 2.20. The lowest BCUT2D eigenvalue weighted by Crippen LogP contribution is -2.04. The van der Waals surface area contributed by atoms with E-state index in [-0.39, 0.29) is 12.3 Å². The lowest BCUT2D eigenvalue weighted by Gasteiger charge is -2.09. The van der Waals surface area contributed by atoms with Crippen LogP contribution in [-0.4, -0.2) is 26.3 Å². The quantitative estimate of drug-likeness (QED) is 0.691. The Morgan fingerprint density at radius 2 is 2.13 bits per heavy atom. The minimum atomic E-state index is -0.352. The van der Waals surface area contributed by atoms with Crippen molar-refractivity contribution in [2.45, 2.75) is 6.29 Å². The number of hydrogen-bond donors (Lipinski definition) is 0. The van der Waals surface area contributed by atoms with Crippen LogP contribution in [0, 0.1) is 0 Å². The maximum atomic E-state index is 11.3. The second kappa shape index (κ2) is 4.42. The van der Waals surface area contributed by atoms with Crippen LogP contribution >= 0.6 is 0 Å². The fourth-order valence-corrected chi connectivity index (χ4v) is 1.48. The van der Waals surface area contributed by atoms with Gasteiger partial charge in [-0.3, -0.25) is 0 Å². The van der Waals surface area contributed by atoms with Gasteiger partial charge in [0.1, 0.15) is 0 Å². The van der Waals surface area contributed by atoms with E-state index < -0.39 is 0 Å². The minimum Gasteiger partial charge on any atom is -0.465 e. The van der Waals surface area contributed by atoms with Crippen molar-refractivity contribution < 1.29 is 19.0 Å². The van der Waals surface area contributed by atoms with Crippen molar-refractivity contribution in [3.63, 3.8) is 0 Å². The van der Waals surface area contributed by atoms with Crippen LogP contribution in [0.5, 0.6) is 0 Å². The molecule has 1 aromatic carbocycles. The van der Waals surface area contributed by atoms with Gasteiger partial charge in [0, 0.05) is 5.56 Å². The molecule has 0 saturated carbocycles. The van der Waals surface area contributed by atoms with Gasteiger partial charge in [-0.25, -0.2) is 4.79 Å². The molecule has 0 aliphatic carbocycles. The first-order valence-corrected chi connectivity index (χ1v) is 4.73. The molecule has 2 rings (SSSR count). The van der Waals surface area contributed by atoms with Gasteiger partial charge in [-0.05, 0) is 12.1 Å². The summed E-state index contributed by atoms with van der Waals surface area (Å²) in [5.74, 6) is -0.352. The Kier molecular flexibility index (Phi) is 2.99. The molecule has 0 unspecified atom stereocenters. The van der Waals surface area contributed by atoms with Gasteiger partial charge in [0.15, 0.2) is 6.29 Å². The molecule has 80 valence electrons. The summed E-state index contributed by atoms with van der Waals surface area (Å²) >= 11 is 0. The van der Waals surface area contributed by atoms with Gasteiger partial charge in [0.05, 0.1) is 25.9 Å². The van der Waals surface area contributed by atoms with Crippen molar-refractivity contribution in [3.05, 3.63) is 35.4 Å². The zero-order valence-electron chi connectivity index (χ0n) is 8.43. The van der Waals surface area contributed by atoms with Gasteiger partial charge < -0.3 is 14.2 Å². The number of carbonyl (C=O) groups excluding carboxylic acids is 1. The molecule has 4 nitrogen and oxygen atoms in total. The number of ether oxygens (including phenoxy) is 3. The number of benzene rings is 1. The fourth-order valence-electron chi connectivity index (χ4n) is 1.48. The fraction of sp³-hybridized carbons (Fsp3) is 0.364. The number of rotatable bonds is 2. The van der Waals surface area contributed by atoms with Gasteiger partial charge in [-0.1, -0.05) is 12.1 Å². The molecule has 1 fully saturated rings. The van der Waals surface area contributed by atoms with Crippen molar-refractivity contribution in [2.75, 3.05) is 20.3 Å². The standard InChI is InChI=1S/C11H12O4/c1-13-10(12)8-3-2-4-9(7-8)11-14-5-6-15-11/h2-4,7,11H,5-6H2,1H3. The van der Waals surface area contributed by atoms with Crippen LogP contribution in [-0.2, 0) is 14.2 Å². The van der Waals surface area contributed by atoms with Crippen LogP contribution < -0.4 is 0 Å². The molecule has 0 spiro atoms. The Labute approximate surface area is 87.8 Å². The monoisotopic (exact) mass is 208 g/mol. The summed E-state index contributed by atoms with van der Waals surface area (Å²) in [6.45, 7) is 1.18. The smallest absolute Gasteiger partial charge is 0.337 e. The van der Waals surface area contributed by atoms with Crippen molar-refractivity contribution in [3.8, 4) is 0 Å². The predicted molar refractivity (Wildman–Crippen MR) is 52.4 cm³/mol. The van der Waals surface area contributed by atoms with Gasteiger partial charge in [-0.15, -0.1) is 0 Å². The summed E-state index contributed by atoms with van der Waals surface area (Å²) in [6, 6.07) is 7.07. The first-order chi connectivity index (χ1) is 7.31. The van der Waals surface area contributed by atoms with E-state index in [1.165, 1.54) is 7.11 Å². The van der Waals surface area contributed by atoms with Gasteiger partial charge in [0.25, 0.3) is 0 Å².